The Morgan fingerprint density at radius 1 is 1.44 bits per heavy atom. The number of pyridine rings is 1. The van der Waals surface area contributed by atoms with Gasteiger partial charge in [-0.05, 0) is 45.2 Å². The molecule has 0 spiro atoms. The van der Waals surface area contributed by atoms with Crippen LogP contribution in [0.25, 0.3) is 0 Å². The molecular weight excluding hydrogens is 200 g/mol. The second-order valence-electron chi connectivity index (χ2n) is 4.50. The average molecular weight is 218 g/mol. The van der Waals surface area contributed by atoms with E-state index < -0.39 is 0 Å². The highest BCUT2D eigenvalue weighted by atomic mass is 16.1. The van der Waals surface area contributed by atoms with Crippen molar-refractivity contribution in [2.45, 2.75) is 39.2 Å². The molecule has 0 saturated carbocycles. The first-order valence-electron chi connectivity index (χ1n) is 5.92. The van der Waals surface area contributed by atoms with Crippen LogP contribution < -0.4 is 4.90 Å². The molecule has 0 bridgehead atoms. The van der Waals surface area contributed by atoms with Crippen molar-refractivity contribution in [3.8, 4) is 0 Å². The molecule has 0 aromatic carbocycles. The van der Waals surface area contributed by atoms with Gasteiger partial charge in [0.2, 0.25) is 0 Å². The molecule has 1 aliphatic heterocycles. The topological polar surface area (TPSA) is 33.2 Å². The van der Waals surface area contributed by atoms with Gasteiger partial charge in [-0.15, -0.1) is 0 Å². The zero-order chi connectivity index (χ0) is 11.5. The molecule has 16 heavy (non-hydrogen) atoms. The van der Waals surface area contributed by atoms with Crippen molar-refractivity contribution in [1.29, 1.82) is 0 Å². The molecule has 1 aromatic heterocycles. The van der Waals surface area contributed by atoms with Gasteiger partial charge >= 0.3 is 0 Å². The number of anilines is 1. The van der Waals surface area contributed by atoms with Crippen molar-refractivity contribution in [1.82, 2.24) is 4.98 Å². The van der Waals surface area contributed by atoms with E-state index in [-0.39, 0.29) is 5.78 Å². The quantitative estimate of drug-likeness (QED) is 0.715. The molecular formula is C13H18N2O. The summed E-state index contributed by atoms with van der Waals surface area (Å²) in [4.78, 5) is 17.8. The molecule has 0 amide bonds. The van der Waals surface area contributed by atoms with Crippen LogP contribution in [0.15, 0.2) is 18.3 Å². The van der Waals surface area contributed by atoms with Gasteiger partial charge in [0.25, 0.3) is 0 Å². The third-order valence-corrected chi connectivity index (χ3v) is 3.25. The van der Waals surface area contributed by atoms with Crippen LogP contribution >= 0.6 is 0 Å². The van der Waals surface area contributed by atoms with E-state index in [0.717, 1.165) is 12.4 Å². The number of aromatic nitrogens is 1. The Bertz CT molecular complexity index is 372. The summed E-state index contributed by atoms with van der Waals surface area (Å²) in [6, 6.07) is 4.38. The fraction of sp³-hybridized carbons (Fsp3) is 0.538. The lowest BCUT2D eigenvalue weighted by molar-refractivity contribution is 0.101. The predicted octanol–water partition coefficient (Wildman–Crippen LogP) is 2.66. The highest BCUT2D eigenvalue weighted by Gasteiger charge is 2.19. The van der Waals surface area contributed by atoms with E-state index in [1.54, 1.807) is 13.1 Å². The molecule has 1 aliphatic rings. The van der Waals surface area contributed by atoms with Gasteiger partial charge in [-0.25, -0.2) is 4.98 Å². The summed E-state index contributed by atoms with van der Waals surface area (Å²) < 4.78 is 0. The molecule has 1 atom stereocenters. The van der Waals surface area contributed by atoms with Crippen LogP contribution in [0.5, 0.6) is 0 Å². The van der Waals surface area contributed by atoms with Crippen LogP contribution in [0.3, 0.4) is 0 Å². The largest absolute Gasteiger partial charge is 0.354 e. The number of ketones is 1. The number of hydrogen-bond acceptors (Lipinski definition) is 3. The SMILES string of the molecule is CC(=O)c1ccc(N2CCCCC2C)nc1. The van der Waals surface area contributed by atoms with E-state index in [4.69, 9.17) is 0 Å². The summed E-state index contributed by atoms with van der Waals surface area (Å²) in [5.41, 5.74) is 0.688. The van der Waals surface area contributed by atoms with Crippen LogP contribution in [-0.2, 0) is 0 Å². The van der Waals surface area contributed by atoms with E-state index in [1.807, 2.05) is 12.1 Å². The summed E-state index contributed by atoms with van der Waals surface area (Å²) in [7, 11) is 0. The minimum atomic E-state index is 0.0748. The standard InChI is InChI=1S/C13H18N2O/c1-10-5-3-4-8-15(10)13-7-6-12(9-14-13)11(2)16/h6-7,9-10H,3-5,8H2,1-2H3. The fourth-order valence-corrected chi connectivity index (χ4v) is 2.20. The molecule has 0 aliphatic carbocycles. The second kappa shape index (κ2) is 4.64. The molecule has 1 saturated heterocycles. The summed E-state index contributed by atoms with van der Waals surface area (Å²) in [5.74, 6) is 1.07. The number of carbonyl (C=O) groups is 1. The van der Waals surface area contributed by atoms with E-state index in [9.17, 15) is 4.79 Å². The lowest BCUT2D eigenvalue weighted by atomic mass is 10.0. The van der Waals surface area contributed by atoms with Crippen molar-refractivity contribution in [2.75, 3.05) is 11.4 Å². The van der Waals surface area contributed by atoms with Crippen LogP contribution in [-0.4, -0.2) is 23.4 Å². The number of carbonyl (C=O) groups excluding carboxylic acids is 1. The number of Topliss-reactive ketones (excluding diaryl/α,β-unsaturated/α-hetero) is 1. The van der Waals surface area contributed by atoms with Gasteiger partial charge in [0.15, 0.2) is 5.78 Å². The van der Waals surface area contributed by atoms with Gasteiger partial charge in [0, 0.05) is 24.3 Å². The smallest absolute Gasteiger partial charge is 0.161 e. The molecule has 2 heterocycles. The molecule has 2 rings (SSSR count). The highest BCUT2D eigenvalue weighted by Crippen LogP contribution is 2.22. The van der Waals surface area contributed by atoms with Gasteiger partial charge in [0.1, 0.15) is 5.82 Å². The molecule has 1 unspecified atom stereocenters. The van der Waals surface area contributed by atoms with Crippen molar-refractivity contribution < 1.29 is 4.79 Å². The first kappa shape index (κ1) is 11.1. The lowest BCUT2D eigenvalue weighted by Gasteiger charge is -2.34. The maximum Gasteiger partial charge on any atom is 0.161 e. The van der Waals surface area contributed by atoms with Gasteiger partial charge in [-0.2, -0.15) is 0 Å². The van der Waals surface area contributed by atoms with Crippen molar-refractivity contribution in [3.05, 3.63) is 23.9 Å². The number of piperidine rings is 1. The summed E-state index contributed by atoms with van der Waals surface area (Å²) in [6.45, 7) is 4.88. The molecule has 86 valence electrons. The lowest BCUT2D eigenvalue weighted by Crippen LogP contribution is -2.37. The van der Waals surface area contributed by atoms with Gasteiger partial charge in [-0.3, -0.25) is 4.79 Å². The first-order chi connectivity index (χ1) is 7.68. The van der Waals surface area contributed by atoms with Gasteiger partial charge in [-0.1, -0.05) is 0 Å². The molecule has 0 N–H and O–H groups in total. The van der Waals surface area contributed by atoms with E-state index >= 15 is 0 Å². The number of nitrogens with zero attached hydrogens (tertiary/aromatic N) is 2. The molecule has 0 radical (unpaired) electrons. The first-order valence-corrected chi connectivity index (χ1v) is 5.92. The van der Waals surface area contributed by atoms with Gasteiger partial charge < -0.3 is 4.90 Å². The van der Waals surface area contributed by atoms with Crippen molar-refractivity contribution >= 4 is 11.6 Å². The predicted molar refractivity (Wildman–Crippen MR) is 64.9 cm³/mol. The van der Waals surface area contributed by atoms with E-state index in [2.05, 4.69) is 16.8 Å². The maximum atomic E-state index is 11.1. The normalized spacial score (nSPS) is 20.9. The second-order valence-corrected chi connectivity index (χ2v) is 4.50. The zero-order valence-electron chi connectivity index (χ0n) is 9.94. The van der Waals surface area contributed by atoms with Crippen molar-refractivity contribution in [3.63, 3.8) is 0 Å². The monoisotopic (exact) mass is 218 g/mol. The Kier molecular flexibility index (Phi) is 3.22. The van der Waals surface area contributed by atoms with Crippen LogP contribution in [0.1, 0.15) is 43.5 Å². The number of hydrogen-bond donors (Lipinski definition) is 0. The third-order valence-electron chi connectivity index (χ3n) is 3.25. The Morgan fingerprint density at radius 2 is 2.25 bits per heavy atom. The fourth-order valence-electron chi connectivity index (χ4n) is 2.20. The summed E-state index contributed by atoms with van der Waals surface area (Å²) >= 11 is 0. The average Bonchev–Trinajstić information content (AvgIpc) is 2.30. The van der Waals surface area contributed by atoms with E-state index in [1.165, 1.54) is 19.3 Å². The third kappa shape index (κ3) is 2.23. The minimum Gasteiger partial charge on any atom is -0.354 e. The Balaban J connectivity index is 2.17. The Morgan fingerprint density at radius 3 is 2.81 bits per heavy atom. The Labute approximate surface area is 96.5 Å². The minimum absolute atomic E-state index is 0.0748. The molecule has 1 fully saturated rings. The summed E-state index contributed by atoms with van der Waals surface area (Å²) in [5, 5.41) is 0. The zero-order valence-corrected chi connectivity index (χ0v) is 9.94. The maximum absolute atomic E-state index is 11.1. The van der Waals surface area contributed by atoms with Crippen molar-refractivity contribution in [2.24, 2.45) is 0 Å². The van der Waals surface area contributed by atoms with Gasteiger partial charge in [0.05, 0.1) is 0 Å². The molecule has 1 aromatic rings. The number of rotatable bonds is 2. The molecule has 3 nitrogen and oxygen atoms in total. The van der Waals surface area contributed by atoms with Crippen LogP contribution in [0.4, 0.5) is 5.82 Å². The highest BCUT2D eigenvalue weighted by molar-refractivity contribution is 5.93. The summed E-state index contributed by atoms with van der Waals surface area (Å²) in [6.07, 6.45) is 5.46. The Hall–Kier alpha value is -1.38. The molecule has 3 heteroatoms. The van der Waals surface area contributed by atoms with Crippen LogP contribution in [0.2, 0.25) is 0 Å². The van der Waals surface area contributed by atoms with Crippen LogP contribution in [0, 0.1) is 0 Å². The van der Waals surface area contributed by atoms with E-state index in [0.29, 0.717) is 11.6 Å².